The third-order valence-electron chi connectivity index (χ3n) is 3.33. The summed E-state index contributed by atoms with van der Waals surface area (Å²) in [6, 6.07) is 6.70. The average molecular weight is 234 g/mol. The average Bonchev–Trinajstić information content (AvgIpc) is 2.60. The zero-order chi connectivity index (χ0) is 12.1. The van der Waals surface area contributed by atoms with Gasteiger partial charge in [0, 0.05) is 25.4 Å². The minimum absolute atomic E-state index is 0.720. The minimum Gasteiger partial charge on any atom is -0.380 e. The van der Waals surface area contributed by atoms with Gasteiger partial charge in [0.25, 0.3) is 0 Å². The fourth-order valence-corrected chi connectivity index (χ4v) is 2.32. The van der Waals surface area contributed by atoms with E-state index in [1.54, 1.807) is 0 Å². The van der Waals surface area contributed by atoms with E-state index in [1.165, 1.54) is 16.8 Å². The number of aryl methyl sites for hydroxylation is 1. The molecular formula is C14H22N2O. The van der Waals surface area contributed by atoms with Crippen molar-refractivity contribution in [1.29, 1.82) is 0 Å². The molecule has 0 atom stereocenters. The van der Waals surface area contributed by atoms with Gasteiger partial charge in [0.05, 0.1) is 6.61 Å². The second-order valence-electron chi connectivity index (χ2n) is 4.60. The fourth-order valence-electron chi connectivity index (χ4n) is 2.32. The van der Waals surface area contributed by atoms with E-state index in [9.17, 15) is 0 Å². The third-order valence-corrected chi connectivity index (χ3v) is 3.33. The molecule has 0 radical (unpaired) electrons. The second kappa shape index (κ2) is 6.03. The van der Waals surface area contributed by atoms with Crippen LogP contribution in [0.3, 0.4) is 0 Å². The normalized spacial score (nSPS) is 16.9. The topological polar surface area (TPSA) is 38.5 Å². The number of benzene rings is 1. The van der Waals surface area contributed by atoms with Gasteiger partial charge < -0.3 is 15.4 Å². The summed E-state index contributed by atoms with van der Waals surface area (Å²) in [4.78, 5) is 2.41. The summed E-state index contributed by atoms with van der Waals surface area (Å²) in [7, 11) is 0. The van der Waals surface area contributed by atoms with Gasteiger partial charge in [-0.25, -0.2) is 0 Å². The third kappa shape index (κ3) is 3.20. The molecule has 0 spiro atoms. The second-order valence-corrected chi connectivity index (χ2v) is 4.60. The number of hydrogen-bond acceptors (Lipinski definition) is 3. The highest BCUT2D eigenvalue weighted by Crippen LogP contribution is 2.20. The molecule has 0 unspecified atom stereocenters. The van der Waals surface area contributed by atoms with Gasteiger partial charge in [-0.15, -0.1) is 0 Å². The maximum Gasteiger partial charge on any atom is 0.0641 e. The van der Waals surface area contributed by atoms with Crippen LogP contribution < -0.4 is 10.6 Å². The highest BCUT2D eigenvalue weighted by molar-refractivity contribution is 5.51. The van der Waals surface area contributed by atoms with E-state index in [0.717, 1.165) is 45.7 Å². The molecule has 1 aliphatic rings. The van der Waals surface area contributed by atoms with Crippen LogP contribution in [0.4, 0.5) is 5.69 Å². The van der Waals surface area contributed by atoms with Gasteiger partial charge in [0.15, 0.2) is 0 Å². The summed E-state index contributed by atoms with van der Waals surface area (Å²) in [5.74, 6) is 0. The van der Waals surface area contributed by atoms with Crippen molar-refractivity contribution in [2.75, 3.05) is 37.7 Å². The smallest absolute Gasteiger partial charge is 0.0641 e. The number of nitrogens with zero attached hydrogens (tertiary/aromatic N) is 1. The highest BCUT2D eigenvalue weighted by atomic mass is 16.5. The predicted octanol–water partition coefficient (Wildman–Crippen LogP) is 1.72. The van der Waals surface area contributed by atoms with E-state index in [2.05, 4.69) is 30.0 Å². The van der Waals surface area contributed by atoms with Crippen LogP contribution in [0.5, 0.6) is 0 Å². The summed E-state index contributed by atoms with van der Waals surface area (Å²) < 4.78 is 5.48. The van der Waals surface area contributed by atoms with Gasteiger partial charge in [-0.2, -0.15) is 0 Å². The molecule has 94 valence electrons. The molecule has 1 aromatic rings. The van der Waals surface area contributed by atoms with Gasteiger partial charge in [-0.3, -0.25) is 0 Å². The lowest BCUT2D eigenvalue weighted by atomic mass is 10.0. The van der Waals surface area contributed by atoms with Gasteiger partial charge in [0.2, 0.25) is 0 Å². The van der Waals surface area contributed by atoms with E-state index in [-0.39, 0.29) is 0 Å². The van der Waals surface area contributed by atoms with Crippen molar-refractivity contribution in [1.82, 2.24) is 0 Å². The fraction of sp³-hybridized carbons (Fsp3) is 0.571. The Balaban J connectivity index is 2.12. The molecule has 0 saturated carbocycles. The van der Waals surface area contributed by atoms with Crippen LogP contribution in [0, 0.1) is 6.92 Å². The van der Waals surface area contributed by atoms with Crippen molar-refractivity contribution >= 4 is 5.69 Å². The Hall–Kier alpha value is -1.06. The first-order valence-electron chi connectivity index (χ1n) is 6.43. The van der Waals surface area contributed by atoms with Gasteiger partial charge in [0.1, 0.15) is 0 Å². The molecule has 0 bridgehead atoms. The summed E-state index contributed by atoms with van der Waals surface area (Å²) in [5.41, 5.74) is 9.63. The molecule has 1 aliphatic heterocycles. The van der Waals surface area contributed by atoms with Crippen molar-refractivity contribution < 1.29 is 4.74 Å². The van der Waals surface area contributed by atoms with E-state index < -0.39 is 0 Å². The lowest BCUT2D eigenvalue weighted by molar-refractivity contribution is 0.152. The minimum atomic E-state index is 0.720. The van der Waals surface area contributed by atoms with E-state index in [0.29, 0.717) is 0 Å². The number of hydrogen-bond donors (Lipinski definition) is 1. The molecular weight excluding hydrogens is 212 g/mol. The number of anilines is 1. The molecule has 1 saturated heterocycles. The van der Waals surface area contributed by atoms with Crippen molar-refractivity contribution in [2.45, 2.75) is 19.8 Å². The lowest BCUT2D eigenvalue weighted by Gasteiger charge is -2.23. The molecule has 3 heteroatoms. The van der Waals surface area contributed by atoms with Crippen LogP contribution in [0.15, 0.2) is 18.2 Å². The Morgan fingerprint density at radius 1 is 1.29 bits per heavy atom. The zero-order valence-electron chi connectivity index (χ0n) is 10.6. The first-order chi connectivity index (χ1) is 8.31. The van der Waals surface area contributed by atoms with E-state index >= 15 is 0 Å². The first-order valence-corrected chi connectivity index (χ1v) is 6.43. The SMILES string of the molecule is Cc1cc(N2CCCOCC2)ccc1CCN. The Labute approximate surface area is 104 Å². The number of ether oxygens (including phenoxy) is 1. The van der Waals surface area contributed by atoms with Crippen molar-refractivity contribution in [3.05, 3.63) is 29.3 Å². The lowest BCUT2D eigenvalue weighted by Crippen LogP contribution is -2.25. The molecule has 1 fully saturated rings. The van der Waals surface area contributed by atoms with E-state index in [4.69, 9.17) is 10.5 Å². The quantitative estimate of drug-likeness (QED) is 0.865. The standard InChI is InChI=1S/C14H22N2O/c1-12-11-14(4-3-13(12)5-6-15)16-7-2-9-17-10-8-16/h3-4,11H,2,5-10,15H2,1H3. The predicted molar refractivity (Wildman–Crippen MR) is 71.6 cm³/mol. The number of nitrogens with two attached hydrogens (primary N) is 1. The van der Waals surface area contributed by atoms with Gasteiger partial charge >= 0.3 is 0 Å². The molecule has 0 aliphatic carbocycles. The molecule has 2 N–H and O–H groups in total. The van der Waals surface area contributed by atoms with E-state index in [1.807, 2.05) is 0 Å². The maximum atomic E-state index is 5.60. The Morgan fingerprint density at radius 2 is 2.18 bits per heavy atom. The number of rotatable bonds is 3. The summed E-state index contributed by atoms with van der Waals surface area (Å²) in [6.45, 7) is 6.70. The van der Waals surface area contributed by atoms with Crippen LogP contribution in [0.2, 0.25) is 0 Å². The summed E-state index contributed by atoms with van der Waals surface area (Å²) >= 11 is 0. The summed E-state index contributed by atoms with van der Waals surface area (Å²) in [5, 5.41) is 0. The monoisotopic (exact) mass is 234 g/mol. The van der Waals surface area contributed by atoms with Crippen molar-refractivity contribution in [3.8, 4) is 0 Å². The Bertz CT molecular complexity index is 357. The molecule has 0 amide bonds. The van der Waals surface area contributed by atoms with Gasteiger partial charge in [-0.1, -0.05) is 6.07 Å². The molecule has 2 rings (SSSR count). The van der Waals surface area contributed by atoms with Gasteiger partial charge in [-0.05, 0) is 49.6 Å². The largest absolute Gasteiger partial charge is 0.380 e. The molecule has 17 heavy (non-hydrogen) atoms. The van der Waals surface area contributed by atoms with Crippen LogP contribution in [0.1, 0.15) is 17.5 Å². The molecule has 1 aromatic carbocycles. The first kappa shape index (κ1) is 12.4. The molecule has 1 heterocycles. The molecule has 0 aromatic heterocycles. The van der Waals surface area contributed by atoms with Crippen LogP contribution in [0.25, 0.3) is 0 Å². The van der Waals surface area contributed by atoms with Crippen LogP contribution in [-0.4, -0.2) is 32.8 Å². The zero-order valence-corrected chi connectivity index (χ0v) is 10.6. The van der Waals surface area contributed by atoms with Crippen molar-refractivity contribution in [3.63, 3.8) is 0 Å². The maximum absolute atomic E-state index is 5.60. The Morgan fingerprint density at radius 3 is 2.94 bits per heavy atom. The summed E-state index contributed by atoms with van der Waals surface area (Å²) in [6.07, 6.45) is 2.08. The molecule has 3 nitrogen and oxygen atoms in total. The Kier molecular flexibility index (Phi) is 4.40. The highest BCUT2D eigenvalue weighted by Gasteiger charge is 2.10. The van der Waals surface area contributed by atoms with Crippen LogP contribution >= 0.6 is 0 Å². The van der Waals surface area contributed by atoms with Crippen molar-refractivity contribution in [2.24, 2.45) is 5.73 Å². The van der Waals surface area contributed by atoms with Crippen LogP contribution in [-0.2, 0) is 11.2 Å².